The largest absolute Gasteiger partial charge is 0.390 e. The van der Waals surface area contributed by atoms with Crippen molar-refractivity contribution in [3.63, 3.8) is 0 Å². The van der Waals surface area contributed by atoms with Gasteiger partial charge in [0, 0.05) is 24.9 Å². The summed E-state index contributed by atoms with van der Waals surface area (Å²) < 4.78 is 0. The number of hydrogen-bond acceptors (Lipinski definition) is 2. The van der Waals surface area contributed by atoms with Crippen molar-refractivity contribution in [2.24, 2.45) is 40.4 Å². The lowest BCUT2D eigenvalue weighted by Crippen LogP contribution is -2.57. The van der Waals surface area contributed by atoms with Crippen molar-refractivity contribution in [3.8, 4) is 0 Å². The number of amides is 1. The van der Waals surface area contributed by atoms with Crippen molar-refractivity contribution >= 4 is 5.91 Å². The van der Waals surface area contributed by atoms with Crippen molar-refractivity contribution in [2.45, 2.75) is 103 Å². The SMILES string of the molecule is CC[C@]12CC[C@@](C)(O)C[C@H]1CC[C@H]1[C@@H]3CC[C@H](C(=O)N4CC[C@@H](c5ccccc5)C4)[C@@]3(C)CC[C@@H]12. The summed E-state index contributed by atoms with van der Waals surface area (Å²) in [5.41, 5.74) is 1.56. The predicted octanol–water partition coefficient (Wildman–Crippen LogP) is 6.80. The second-order valence-corrected chi connectivity index (χ2v) is 13.8. The lowest BCUT2D eigenvalue weighted by Gasteiger charge is -2.63. The Balaban J connectivity index is 1.19. The predicted molar refractivity (Wildman–Crippen MR) is 141 cm³/mol. The minimum Gasteiger partial charge on any atom is -0.390 e. The van der Waals surface area contributed by atoms with Crippen LogP contribution in [0.3, 0.4) is 0 Å². The molecule has 1 saturated heterocycles. The molecule has 5 fully saturated rings. The second-order valence-electron chi connectivity index (χ2n) is 13.8. The van der Waals surface area contributed by atoms with E-state index in [1.807, 2.05) is 0 Å². The highest BCUT2D eigenvalue weighted by atomic mass is 16.3. The molecule has 1 N–H and O–H groups in total. The van der Waals surface area contributed by atoms with Crippen LogP contribution in [0.2, 0.25) is 0 Å². The quantitative estimate of drug-likeness (QED) is 0.520. The zero-order valence-corrected chi connectivity index (χ0v) is 22.3. The number of rotatable bonds is 3. The average molecular weight is 478 g/mol. The van der Waals surface area contributed by atoms with Crippen molar-refractivity contribution in [1.29, 1.82) is 0 Å². The Hall–Kier alpha value is -1.35. The van der Waals surface area contributed by atoms with Crippen molar-refractivity contribution in [2.75, 3.05) is 13.1 Å². The van der Waals surface area contributed by atoms with Gasteiger partial charge in [-0.05, 0) is 118 Å². The zero-order valence-electron chi connectivity index (χ0n) is 22.3. The van der Waals surface area contributed by atoms with Crippen LogP contribution < -0.4 is 0 Å². The maximum atomic E-state index is 14.0. The van der Waals surface area contributed by atoms with Gasteiger partial charge in [0.1, 0.15) is 0 Å². The summed E-state index contributed by atoms with van der Waals surface area (Å²) in [5.74, 6) is 4.22. The summed E-state index contributed by atoms with van der Waals surface area (Å²) in [6.07, 6.45) is 13.1. The van der Waals surface area contributed by atoms with Gasteiger partial charge in [0.2, 0.25) is 5.91 Å². The van der Waals surface area contributed by atoms with E-state index in [1.54, 1.807) is 0 Å². The van der Waals surface area contributed by atoms with Gasteiger partial charge in [-0.2, -0.15) is 0 Å². The van der Waals surface area contributed by atoms with Crippen molar-refractivity contribution in [1.82, 2.24) is 4.90 Å². The Kier molecular flexibility index (Phi) is 5.90. The number of likely N-dealkylation sites (tertiary alicyclic amines) is 1. The van der Waals surface area contributed by atoms with Gasteiger partial charge in [-0.3, -0.25) is 4.79 Å². The molecule has 3 nitrogen and oxygen atoms in total. The molecule has 1 aliphatic heterocycles. The topological polar surface area (TPSA) is 40.5 Å². The molecule has 1 heterocycles. The smallest absolute Gasteiger partial charge is 0.226 e. The van der Waals surface area contributed by atoms with Gasteiger partial charge in [-0.1, -0.05) is 44.2 Å². The van der Waals surface area contributed by atoms with Crippen LogP contribution in [0.1, 0.15) is 103 Å². The van der Waals surface area contributed by atoms with Crippen LogP contribution in [0.25, 0.3) is 0 Å². The third-order valence-corrected chi connectivity index (χ3v) is 12.4. The van der Waals surface area contributed by atoms with E-state index in [2.05, 4.69) is 56.0 Å². The van der Waals surface area contributed by atoms with E-state index in [9.17, 15) is 9.90 Å². The number of aliphatic hydroxyl groups is 1. The number of carbonyl (C=O) groups excluding carboxylic acids is 1. The summed E-state index contributed by atoms with van der Waals surface area (Å²) >= 11 is 0. The molecule has 3 heteroatoms. The summed E-state index contributed by atoms with van der Waals surface area (Å²) in [6.45, 7) is 8.85. The first-order chi connectivity index (χ1) is 16.8. The van der Waals surface area contributed by atoms with Crippen LogP contribution in [0.5, 0.6) is 0 Å². The Bertz CT molecular complexity index is 942. The van der Waals surface area contributed by atoms with E-state index in [4.69, 9.17) is 0 Å². The fraction of sp³-hybridized carbons (Fsp3) is 0.781. The minimum atomic E-state index is -0.461. The van der Waals surface area contributed by atoms with Gasteiger partial charge >= 0.3 is 0 Å². The number of benzene rings is 1. The number of carbonyl (C=O) groups is 1. The molecule has 1 aromatic rings. The highest BCUT2D eigenvalue weighted by Crippen LogP contribution is 2.69. The molecule has 1 aromatic carbocycles. The van der Waals surface area contributed by atoms with E-state index in [0.29, 0.717) is 23.2 Å². The average Bonchev–Trinajstić information content (AvgIpc) is 3.48. The first kappa shape index (κ1) is 24.0. The van der Waals surface area contributed by atoms with Gasteiger partial charge in [0.25, 0.3) is 0 Å². The van der Waals surface area contributed by atoms with Gasteiger partial charge in [-0.25, -0.2) is 0 Å². The molecular weight excluding hydrogens is 430 g/mol. The highest BCUT2D eigenvalue weighted by Gasteiger charge is 2.63. The molecule has 192 valence electrons. The third-order valence-electron chi connectivity index (χ3n) is 12.4. The van der Waals surface area contributed by atoms with Gasteiger partial charge in [0.05, 0.1) is 5.60 Å². The summed E-state index contributed by atoms with van der Waals surface area (Å²) in [4.78, 5) is 16.2. The standard InChI is InChI=1S/C32H47NO2/c1-4-32-18-17-30(2,35)20-24(32)10-11-25-26-12-13-28(31(26,3)16-14-27(25)32)29(34)33-19-15-23(21-33)22-8-6-5-7-9-22/h5-9,23-28,35H,4,10-21H2,1-3H3/t23-,24-,25+,26+,27+,28-,30-,31+,32+/m1/s1. The highest BCUT2D eigenvalue weighted by molar-refractivity contribution is 5.80. The van der Waals surface area contributed by atoms with Crippen LogP contribution in [0.15, 0.2) is 30.3 Å². The normalized spacial score (nSPS) is 47.1. The maximum Gasteiger partial charge on any atom is 0.226 e. The molecule has 9 atom stereocenters. The molecule has 0 radical (unpaired) electrons. The lowest BCUT2D eigenvalue weighted by molar-refractivity contribution is -0.161. The fourth-order valence-corrected chi connectivity index (χ4v) is 10.5. The third kappa shape index (κ3) is 3.73. The molecule has 4 aliphatic carbocycles. The molecular formula is C32H47NO2. The van der Waals surface area contributed by atoms with Gasteiger partial charge in [-0.15, -0.1) is 0 Å². The molecule has 4 saturated carbocycles. The zero-order chi connectivity index (χ0) is 24.4. The van der Waals surface area contributed by atoms with Crippen LogP contribution in [-0.2, 0) is 4.79 Å². The molecule has 6 rings (SSSR count). The van der Waals surface area contributed by atoms with Crippen molar-refractivity contribution < 1.29 is 9.90 Å². The van der Waals surface area contributed by atoms with Crippen LogP contribution >= 0.6 is 0 Å². The number of nitrogens with zero attached hydrogens (tertiary/aromatic N) is 1. The maximum absolute atomic E-state index is 14.0. The molecule has 0 aromatic heterocycles. The van der Waals surface area contributed by atoms with Crippen LogP contribution in [0.4, 0.5) is 0 Å². The van der Waals surface area contributed by atoms with E-state index in [1.165, 1.54) is 50.5 Å². The van der Waals surface area contributed by atoms with E-state index in [-0.39, 0.29) is 11.3 Å². The van der Waals surface area contributed by atoms with E-state index in [0.717, 1.165) is 56.5 Å². The number of hydrogen-bond donors (Lipinski definition) is 1. The summed E-state index contributed by atoms with van der Waals surface area (Å²) in [7, 11) is 0. The Morgan fingerprint density at radius 2 is 1.77 bits per heavy atom. The van der Waals surface area contributed by atoms with Crippen LogP contribution in [0, 0.1) is 40.4 Å². The van der Waals surface area contributed by atoms with Gasteiger partial charge < -0.3 is 10.0 Å². The Morgan fingerprint density at radius 3 is 2.54 bits per heavy atom. The molecule has 5 aliphatic rings. The van der Waals surface area contributed by atoms with Crippen molar-refractivity contribution in [3.05, 3.63) is 35.9 Å². The second kappa shape index (κ2) is 8.61. The fourth-order valence-electron chi connectivity index (χ4n) is 10.5. The number of fused-ring (bicyclic) bond motifs is 5. The first-order valence-electron chi connectivity index (χ1n) is 14.8. The molecule has 0 unspecified atom stereocenters. The monoisotopic (exact) mass is 477 g/mol. The molecule has 1 amide bonds. The Morgan fingerprint density at radius 1 is 0.971 bits per heavy atom. The minimum absolute atomic E-state index is 0.186. The van der Waals surface area contributed by atoms with Gasteiger partial charge in [0.15, 0.2) is 0 Å². The van der Waals surface area contributed by atoms with E-state index < -0.39 is 5.60 Å². The summed E-state index contributed by atoms with van der Waals surface area (Å²) in [5, 5.41) is 10.9. The summed E-state index contributed by atoms with van der Waals surface area (Å²) in [6, 6.07) is 10.8. The molecule has 0 bridgehead atoms. The first-order valence-corrected chi connectivity index (χ1v) is 14.8. The van der Waals surface area contributed by atoms with Crippen LogP contribution in [-0.4, -0.2) is 34.6 Å². The molecule has 0 spiro atoms. The Labute approximate surface area is 213 Å². The van der Waals surface area contributed by atoms with E-state index >= 15 is 0 Å². The molecule has 35 heavy (non-hydrogen) atoms. The lowest BCUT2D eigenvalue weighted by atomic mass is 9.43.